The highest BCUT2D eigenvalue weighted by Gasteiger charge is 2.26. The fourth-order valence-electron chi connectivity index (χ4n) is 4.53. The van der Waals surface area contributed by atoms with Crippen LogP contribution in [0.3, 0.4) is 0 Å². The topological polar surface area (TPSA) is 97.5 Å². The van der Waals surface area contributed by atoms with E-state index in [1.165, 1.54) is 6.33 Å². The van der Waals surface area contributed by atoms with Gasteiger partial charge in [-0.05, 0) is 31.2 Å². The summed E-state index contributed by atoms with van der Waals surface area (Å²) < 4.78 is 11.8. The van der Waals surface area contributed by atoms with Crippen LogP contribution in [0, 0.1) is 0 Å². The van der Waals surface area contributed by atoms with Crippen LogP contribution in [0.25, 0.3) is 33.6 Å². The highest BCUT2D eigenvalue weighted by Crippen LogP contribution is 2.42. The highest BCUT2D eigenvalue weighted by atomic mass is 16.5. The molecule has 0 saturated heterocycles. The van der Waals surface area contributed by atoms with Crippen LogP contribution in [0.2, 0.25) is 0 Å². The highest BCUT2D eigenvalue weighted by molar-refractivity contribution is 6.05. The van der Waals surface area contributed by atoms with Crippen LogP contribution >= 0.6 is 0 Å². The number of aromatic nitrogens is 2. The first-order chi connectivity index (χ1) is 16.2. The summed E-state index contributed by atoms with van der Waals surface area (Å²) in [6, 6.07) is 20.2. The van der Waals surface area contributed by atoms with Gasteiger partial charge in [-0.1, -0.05) is 60.7 Å². The maximum absolute atomic E-state index is 10.9. The van der Waals surface area contributed by atoms with Crippen molar-refractivity contribution in [2.24, 2.45) is 0 Å². The van der Waals surface area contributed by atoms with Crippen LogP contribution in [0.15, 0.2) is 71.4 Å². The lowest BCUT2D eigenvalue weighted by atomic mass is 9.92. The number of ether oxygens (including phenoxy) is 1. The summed E-state index contributed by atoms with van der Waals surface area (Å²) in [7, 11) is 0. The molecule has 0 radical (unpaired) electrons. The van der Waals surface area contributed by atoms with Gasteiger partial charge in [0.2, 0.25) is 5.71 Å². The summed E-state index contributed by atoms with van der Waals surface area (Å²) in [6.45, 7) is -0.268. The van der Waals surface area contributed by atoms with Crippen molar-refractivity contribution in [2.45, 2.75) is 37.8 Å². The van der Waals surface area contributed by atoms with Crippen LogP contribution in [0.5, 0.6) is 0 Å². The molecule has 1 aliphatic carbocycles. The Morgan fingerprint density at radius 1 is 1.03 bits per heavy atom. The quantitative estimate of drug-likeness (QED) is 0.396. The minimum absolute atomic E-state index is 0.0810. The van der Waals surface area contributed by atoms with Crippen molar-refractivity contribution in [3.8, 4) is 22.5 Å². The minimum atomic E-state index is -0.943. The maximum atomic E-state index is 10.9. The van der Waals surface area contributed by atoms with E-state index in [0.29, 0.717) is 11.5 Å². The molecule has 5 rings (SSSR count). The Hall–Kier alpha value is -3.71. The smallest absolute Gasteiger partial charge is 0.329 e. The average molecular weight is 444 g/mol. The zero-order valence-electron chi connectivity index (χ0n) is 18.1. The van der Waals surface area contributed by atoms with Crippen molar-refractivity contribution in [3.63, 3.8) is 0 Å². The molecule has 0 spiro atoms. The zero-order chi connectivity index (χ0) is 22.6. The Morgan fingerprint density at radius 3 is 2.48 bits per heavy atom. The Morgan fingerprint density at radius 2 is 1.76 bits per heavy atom. The molecule has 33 heavy (non-hydrogen) atoms. The fourth-order valence-corrected chi connectivity index (χ4v) is 4.53. The summed E-state index contributed by atoms with van der Waals surface area (Å²) in [5, 5.41) is 13.4. The number of hydrogen-bond donors (Lipinski definition) is 2. The van der Waals surface area contributed by atoms with Gasteiger partial charge in [-0.3, -0.25) is 0 Å². The number of hydrogen-bond acceptors (Lipinski definition) is 6. The summed E-state index contributed by atoms with van der Waals surface area (Å²) in [5.41, 5.74) is 3.48. The van der Waals surface area contributed by atoms with E-state index in [4.69, 9.17) is 14.3 Å². The molecule has 2 atom stereocenters. The van der Waals surface area contributed by atoms with Gasteiger partial charge in [0.15, 0.2) is 0 Å². The number of carboxylic acids is 1. The average Bonchev–Trinajstić information content (AvgIpc) is 3.25. The molecule has 2 N–H and O–H groups in total. The zero-order valence-corrected chi connectivity index (χ0v) is 18.1. The van der Waals surface area contributed by atoms with Gasteiger partial charge in [0.1, 0.15) is 24.5 Å². The molecular weight excluding hydrogens is 418 g/mol. The van der Waals surface area contributed by atoms with Crippen LogP contribution in [-0.4, -0.2) is 39.8 Å². The third kappa shape index (κ3) is 4.59. The Bertz CT molecular complexity index is 1240. The number of fused-ring (bicyclic) bond motifs is 1. The predicted octanol–water partition coefficient (Wildman–Crippen LogP) is 5.38. The second-order valence-corrected chi connectivity index (χ2v) is 8.28. The molecule has 168 valence electrons. The number of furan rings is 1. The van der Waals surface area contributed by atoms with E-state index >= 15 is 0 Å². The number of nitrogens with one attached hydrogen (secondary N) is 1. The number of nitrogens with zero attached hydrogens (tertiary/aromatic N) is 2. The number of benzene rings is 2. The number of carbonyl (C=O) groups is 1. The largest absolute Gasteiger partial charge is 0.480 e. The molecule has 0 bridgehead atoms. The number of aliphatic carboxylic acids is 1. The molecule has 0 aliphatic heterocycles. The van der Waals surface area contributed by atoms with Crippen LogP contribution in [-0.2, 0) is 9.53 Å². The third-order valence-corrected chi connectivity index (χ3v) is 6.00. The first-order valence-electron chi connectivity index (χ1n) is 11.2. The monoisotopic (exact) mass is 443 g/mol. The fraction of sp³-hybridized carbons (Fsp3) is 0.269. The van der Waals surface area contributed by atoms with Crippen molar-refractivity contribution in [3.05, 3.63) is 67.0 Å². The Kier molecular flexibility index (Phi) is 6.04. The minimum Gasteiger partial charge on any atom is -0.480 e. The van der Waals surface area contributed by atoms with Gasteiger partial charge in [-0.25, -0.2) is 14.8 Å². The summed E-state index contributed by atoms with van der Waals surface area (Å²) in [5.74, 6) is 0.530. The second-order valence-electron chi connectivity index (χ2n) is 8.28. The molecule has 1 fully saturated rings. The Labute approximate surface area is 191 Å². The van der Waals surface area contributed by atoms with Gasteiger partial charge >= 0.3 is 5.97 Å². The maximum Gasteiger partial charge on any atom is 0.329 e. The van der Waals surface area contributed by atoms with Gasteiger partial charge in [0, 0.05) is 17.2 Å². The predicted molar refractivity (Wildman–Crippen MR) is 126 cm³/mol. The molecule has 7 nitrogen and oxygen atoms in total. The standard InChI is InChI=1S/C26H25N3O4/c30-21(31)15-32-20-13-7-12-19(14-20)29-25-23-22(17-8-3-1-4-9-17)24(18-10-5-2-6-11-18)33-26(23)28-16-27-25/h1-6,8-11,16,19-20H,7,12-15H2,(H,30,31)(H,27,28,29)/t19-,20+/m0/s1. The molecule has 1 saturated carbocycles. The molecule has 2 heterocycles. The summed E-state index contributed by atoms with van der Waals surface area (Å²) >= 11 is 0. The summed E-state index contributed by atoms with van der Waals surface area (Å²) in [4.78, 5) is 19.9. The molecular formula is C26H25N3O4. The van der Waals surface area contributed by atoms with E-state index in [0.717, 1.165) is 53.5 Å². The lowest BCUT2D eigenvalue weighted by Crippen LogP contribution is -2.33. The van der Waals surface area contributed by atoms with Gasteiger partial charge in [0.25, 0.3) is 0 Å². The third-order valence-electron chi connectivity index (χ3n) is 6.00. The number of rotatable bonds is 7. The van der Waals surface area contributed by atoms with Gasteiger partial charge < -0.3 is 19.6 Å². The van der Waals surface area contributed by atoms with Crippen LogP contribution in [0.4, 0.5) is 5.82 Å². The number of anilines is 1. The van der Waals surface area contributed by atoms with E-state index in [2.05, 4.69) is 27.4 Å². The molecule has 0 unspecified atom stereocenters. The van der Waals surface area contributed by atoms with Crippen LogP contribution < -0.4 is 5.32 Å². The molecule has 1 aliphatic rings. The van der Waals surface area contributed by atoms with Crippen molar-refractivity contribution >= 4 is 22.9 Å². The van der Waals surface area contributed by atoms with Gasteiger partial charge in [0.05, 0.1) is 11.5 Å². The SMILES string of the molecule is O=C(O)CO[C@@H]1CCC[C@H](Nc2ncnc3oc(-c4ccccc4)c(-c4ccccc4)c23)C1. The lowest BCUT2D eigenvalue weighted by molar-refractivity contribution is -0.145. The van der Waals surface area contributed by atoms with E-state index in [9.17, 15) is 4.79 Å². The molecule has 2 aromatic heterocycles. The van der Waals surface area contributed by atoms with Crippen molar-refractivity contribution < 1.29 is 19.1 Å². The Balaban J connectivity index is 1.54. The molecule has 7 heteroatoms. The van der Waals surface area contributed by atoms with Crippen LogP contribution in [0.1, 0.15) is 25.7 Å². The van der Waals surface area contributed by atoms with E-state index in [1.807, 2.05) is 48.5 Å². The van der Waals surface area contributed by atoms with E-state index < -0.39 is 5.97 Å². The normalized spacial score (nSPS) is 18.3. The van der Waals surface area contributed by atoms with Crippen molar-refractivity contribution in [2.75, 3.05) is 11.9 Å². The van der Waals surface area contributed by atoms with Crippen molar-refractivity contribution in [1.82, 2.24) is 9.97 Å². The molecule has 4 aromatic rings. The first-order valence-corrected chi connectivity index (χ1v) is 11.2. The van der Waals surface area contributed by atoms with Gasteiger partial charge in [-0.15, -0.1) is 0 Å². The van der Waals surface area contributed by atoms with E-state index in [1.54, 1.807) is 0 Å². The molecule has 2 aromatic carbocycles. The van der Waals surface area contributed by atoms with Crippen molar-refractivity contribution in [1.29, 1.82) is 0 Å². The van der Waals surface area contributed by atoms with Gasteiger partial charge in [-0.2, -0.15) is 0 Å². The number of carboxylic acid groups (broad SMARTS) is 1. The lowest BCUT2D eigenvalue weighted by Gasteiger charge is -2.29. The first kappa shape index (κ1) is 21.2. The van der Waals surface area contributed by atoms with E-state index in [-0.39, 0.29) is 18.8 Å². The second kappa shape index (κ2) is 9.42. The summed E-state index contributed by atoms with van der Waals surface area (Å²) in [6.07, 6.45) is 4.94. The molecule has 0 amide bonds.